The van der Waals surface area contributed by atoms with Gasteiger partial charge in [0.15, 0.2) is 0 Å². The second-order valence-corrected chi connectivity index (χ2v) is 7.76. The maximum atomic E-state index is 11.7. The van der Waals surface area contributed by atoms with Crippen molar-refractivity contribution in [2.24, 2.45) is 5.16 Å². The molecule has 8 nitrogen and oxygen atoms in total. The normalized spacial score (nSPS) is 13.5. The number of hydrogen-bond donors (Lipinski definition) is 1. The van der Waals surface area contributed by atoms with Gasteiger partial charge in [-0.3, -0.25) is 9.78 Å². The van der Waals surface area contributed by atoms with Crippen LogP contribution in [0.5, 0.6) is 0 Å². The average molecular weight is 451 g/mol. The van der Waals surface area contributed by atoms with E-state index in [2.05, 4.69) is 45.2 Å². The standard InChI is InChI=1S/C26H22N6O2/c1-3-25(33)29-24-15-20(10-13-28-24)32-16-22(26(30-32)17-8-11-27-12-9-17)19-4-6-21-18(14-19)5-7-23(21)31-34-2/h3-4,6,8-16H,1,5,7H2,2H3,(H,28,29,33)/b31-23+. The van der Waals surface area contributed by atoms with Gasteiger partial charge in [0.1, 0.15) is 18.6 Å². The molecule has 1 N–H and O–H groups in total. The maximum Gasteiger partial charge on any atom is 0.248 e. The number of aromatic nitrogens is 4. The van der Waals surface area contributed by atoms with E-state index in [-0.39, 0.29) is 5.91 Å². The Labute approximate surface area is 196 Å². The summed E-state index contributed by atoms with van der Waals surface area (Å²) in [6.07, 6.45) is 10.1. The van der Waals surface area contributed by atoms with E-state index in [1.165, 1.54) is 11.6 Å². The predicted molar refractivity (Wildman–Crippen MR) is 131 cm³/mol. The number of benzene rings is 1. The van der Waals surface area contributed by atoms with E-state index in [0.717, 1.165) is 52.2 Å². The van der Waals surface area contributed by atoms with Crippen LogP contribution in [-0.2, 0) is 16.1 Å². The van der Waals surface area contributed by atoms with Gasteiger partial charge >= 0.3 is 0 Å². The molecule has 3 aromatic heterocycles. The van der Waals surface area contributed by atoms with Crippen LogP contribution in [0.15, 0.2) is 85.1 Å². The van der Waals surface area contributed by atoms with Crippen molar-refractivity contribution in [1.82, 2.24) is 19.7 Å². The van der Waals surface area contributed by atoms with Gasteiger partial charge in [0.2, 0.25) is 5.91 Å². The van der Waals surface area contributed by atoms with Gasteiger partial charge in [0.05, 0.1) is 11.4 Å². The first-order valence-electron chi connectivity index (χ1n) is 10.8. The van der Waals surface area contributed by atoms with Crippen LogP contribution in [0.1, 0.15) is 17.5 Å². The van der Waals surface area contributed by atoms with Gasteiger partial charge < -0.3 is 10.2 Å². The minimum Gasteiger partial charge on any atom is -0.399 e. The first kappa shape index (κ1) is 21.3. The molecule has 0 spiro atoms. The van der Waals surface area contributed by atoms with Gasteiger partial charge in [-0.1, -0.05) is 29.9 Å². The molecule has 4 aromatic rings. The number of aryl methyl sites for hydroxylation is 1. The summed E-state index contributed by atoms with van der Waals surface area (Å²) >= 11 is 0. The number of nitrogens with one attached hydrogen (secondary N) is 1. The molecule has 34 heavy (non-hydrogen) atoms. The number of carbonyl (C=O) groups is 1. The van der Waals surface area contributed by atoms with E-state index >= 15 is 0 Å². The lowest BCUT2D eigenvalue weighted by Gasteiger charge is -2.06. The fraction of sp³-hybridized carbons (Fsp3) is 0.115. The zero-order chi connectivity index (χ0) is 23.5. The fourth-order valence-electron chi connectivity index (χ4n) is 4.09. The molecule has 1 aliphatic rings. The summed E-state index contributed by atoms with van der Waals surface area (Å²) in [4.78, 5) is 25.1. The number of oxime groups is 1. The molecule has 168 valence electrons. The van der Waals surface area contributed by atoms with E-state index < -0.39 is 0 Å². The second-order valence-electron chi connectivity index (χ2n) is 7.76. The lowest BCUT2D eigenvalue weighted by molar-refractivity contribution is -0.111. The third-order valence-electron chi connectivity index (χ3n) is 5.67. The first-order valence-corrected chi connectivity index (χ1v) is 10.8. The molecular weight excluding hydrogens is 428 g/mol. The Kier molecular flexibility index (Phi) is 5.70. The third-order valence-corrected chi connectivity index (χ3v) is 5.67. The number of nitrogens with zero attached hydrogens (tertiary/aromatic N) is 5. The summed E-state index contributed by atoms with van der Waals surface area (Å²) in [6.45, 7) is 3.48. The summed E-state index contributed by atoms with van der Waals surface area (Å²) in [5.74, 6) is 0.102. The summed E-state index contributed by atoms with van der Waals surface area (Å²) < 4.78 is 1.79. The summed E-state index contributed by atoms with van der Waals surface area (Å²) in [6, 6.07) is 13.9. The van der Waals surface area contributed by atoms with Crippen molar-refractivity contribution in [3.8, 4) is 28.1 Å². The molecule has 0 bridgehead atoms. The number of amides is 1. The smallest absolute Gasteiger partial charge is 0.248 e. The molecule has 0 unspecified atom stereocenters. The van der Waals surface area contributed by atoms with Crippen LogP contribution in [0.3, 0.4) is 0 Å². The lowest BCUT2D eigenvalue weighted by Crippen LogP contribution is -2.09. The highest BCUT2D eigenvalue weighted by Crippen LogP contribution is 2.35. The van der Waals surface area contributed by atoms with Gasteiger partial charge in [-0.25, -0.2) is 9.67 Å². The van der Waals surface area contributed by atoms with Crippen molar-refractivity contribution in [3.63, 3.8) is 0 Å². The van der Waals surface area contributed by atoms with Crippen molar-refractivity contribution in [1.29, 1.82) is 0 Å². The topological polar surface area (TPSA) is 94.3 Å². The SMILES string of the molecule is C=CC(=O)Nc1cc(-n2cc(-c3ccc4c(c3)CC/C4=N\OC)c(-c3ccncc3)n2)ccn1. The van der Waals surface area contributed by atoms with E-state index in [9.17, 15) is 4.79 Å². The molecule has 0 fully saturated rings. The highest BCUT2D eigenvalue weighted by molar-refractivity contribution is 6.04. The molecule has 1 aliphatic carbocycles. The Morgan fingerprint density at radius 2 is 1.94 bits per heavy atom. The molecule has 1 aromatic carbocycles. The van der Waals surface area contributed by atoms with E-state index in [4.69, 9.17) is 9.94 Å². The van der Waals surface area contributed by atoms with Crippen LogP contribution in [0.4, 0.5) is 5.82 Å². The summed E-state index contributed by atoms with van der Waals surface area (Å²) in [5, 5.41) is 11.7. The third kappa shape index (κ3) is 4.09. The molecule has 5 rings (SSSR count). The molecular formula is C26H22N6O2. The van der Waals surface area contributed by atoms with Crippen LogP contribution in [0.25, 0.3) is 28.1 Å². The van der Waals surface area contributed by atoms with Gasteiger partial charge in [-0.2, -0.15) is 5.10 Å². The Hall–Kier alpha value is -4.59. The quantitative estimate of drug-likeness (QED) is 0.347. The molecule has 1 amide bonds. The summed E-state index contributed by atoms with van der Waals surface area (Å²) in [7, 11) is 1.57. The fourth-order valence-corrected chi connectivity index (χ4v) is 4.09. The predicted octanol–water partition coefficient (Wildman–Crippen LogP) is 4.42. The van der Waals surface area contributed by atoms with Crippen molar-refractivity contribution in [3.05, 3.63) is 91.0 Å². The van der Waals surface area contributed by atoms with Crippen LogP contribution in [-0.4, -0.2) is 38.5 Å². The molecule has 0 radical (unpaired) electrons. The number of carbonyl (C=O) groups excluding carboxylic acids is 1. The Bertz CT molecular complexity index is 1410. The van der Waals surface area contributed by atoms with Crippen molar-refractivity contribution < 1.29 is 9.63 Å². The maximum absolute atomic E-state index is 11.7. The van der Waals surface area contributed by atoms with Crippen molar-refractivity contribution in [2.75, 3.05) is 12.4 Å². The lowest BCUT2D eigenvalue weighted by atomic mass is 9.98. The highest BCUT2D eigenvalue weighted by atomic mass is 16.6. The minimum atomic E-state index is -0.321. The number of rotatable bonds is 6. The van der Waals surface area contributed by atoms with Crippen molar-refractivity contribution in [2.45, 2.75) is 12.8 Å². The number of hydrogen-bond acceptors (Lipinski definition) is 6. The number of pyridine rings is 2. The van der Waals surface area contributed by atoms with Gasteiger partial charge in [0, 0.05) is 47.5 Å². The van der Waals surface area contributed by atoms with Crippen LogP contribution < -0.4 is 5.32 Å². The largest absolute Gasteiger partial charge is 0.399 e. The van der Waals surface area contributed by atoms with E-state index in [0.29, 0.717) is 5.82 Å². The Morgan fingerprint density at radius 3 is 2.74 bits per heavy atom. The molecule has 0 saturated carbocycles. The molecule has 3 heterocycles. The number of anilines is 1. The summed E-state index contributed by atoms with van der Waals surface area (Å²) in [5.41, 5.74) is 7.94. The second kappa shape index (κ2) is 9.11. The van der Waals surface area contributed by atoms with E-state index in [1.54, 1.807) is 36.4 Å². The number of fused-ring (bicyclic) bond motifs is 1. The molecule has 8 heteroatoms. The molecule has 0 atom stereocenters. The zero-order valence-corrected chi connectivity index (χ0v) is 18.6. The minimum absolute atomic E-state index is 0.321. The van der Waals surface area contributed by atoms with Gasteiger partial charge in [-0.05, 0) is 48.2 Å². The van der Waals surface area contributed by atoms with Crippen LogP contribution in [0.2, 0.25) is 0 Å². The van der Waals surface area contributed by atoms with Crippen LogP contribution in [0, 0.1) is 0 Å². The van der Waals surface area contributed by atoms with E-state index in [1.807, 2.05) is 24.4 Å². The Balaban J connectivity index is 1.60. The molecule has 0 aliphatic heterocycles. The monoisotopic (exact) mass is 450 g/mol. The van der Waals surface area contributed by atoms with Gasteiger partial charge in [0.25, 0.3) is 0 Å². The van der Waals surface area contributed by atoms with Crippen molar-refractivity contribution >= 4 is 17.4 Å². The highest BCUT2D eigenvalue weighted by Gasteiger charge is 2.21. The zero-order valence-electron chi connectivity index (χ0n) is 18.6. The molecule has 0 saturated heterocycles. The first-order chi connectivity index (χ1) is 16.7. The van der Waals surface area contributed by atoms with Crippen LogP contribution >= 0.6 is 0 Å². The average Bonchev–Trinajstić information content (AvgIpc) is 3.49. The Morgan fingerprint density at radius 1 is 1.09 bits per heavy atom. The van der Waals surface area contributed by atoms with Gasteiger partial charge in [-0.15, -0.1) is 0 Å².